The molecular formula is C50H32. The van der Waals surface area contributed by atoms with Gasteiger partial charge < -0.3 is 0 Å². The van der Waals surface area contributed by atoms with Crippen molar-refractivity contribution in [1.82, 2.24) is 0 Å². The Morgan fingerprint density at radius 2 is 0.720 bits per heavy atom. The average Bonchev–Trinajstić information content (AvgIpc) is 3.25. The molecule has 0 saturated heterocycles. The quantitative estimate of drug-likeness (QED) is 0.168. The van der Waals surface area contributed by atoms with Crippen LogP contribution in [0.25, 0.3) is 98.4 Å². The third-order valence-electron chi connectivity index (χ3n) is 9.89. The normalized spacial score (nSPS) is 13.6. The van der Waals surface area contributed by atoms with Gasteiger partial charge in [0.25, 0.3) is 0 Å². The van der Waals surface area contributed by atoms with Crippen LogP contribution >= 0.6 is 0 Å². The van der Waals surface area contributed by atoms with Crippen LogP contribution in [0.3, 0.4) is 0 Å². The number of rotatable bonds is 4. The molecule has 0 spiro atoms. The van der Waals surface area contributed by atoms with Gasteiger partial charge in [-0.15, -0.1) is 0 Å². The highest BCUT2D eigenvalue weighted by molar-refractivity contribution is 6.24. The molecule has 0 nitrogen and oxygen atoms in total. The van der Waals surface area contributed by atoms with Gasteiger partial charge in [-0.1, -0.05) is 188 Å². The van der Waals surface area contributed by atoms with E-state index in [4.69, 9.17) is 2.74 Å². The van der Waals surface area contributed by atoms with Gasteiger partial charge in [0.2, 0.25) is 0 Å². The summed E-state index contributed by atoms with van der Waals surface area (Å²) in [6.07, 6.45) is 0. The Balaban J connectivity index is 1.41. The molecule has 0 fully saturated rings. The molecule has 0 unspecified atom stereocenters. The number of benzene rings is 10. The fourth-order valence-corrected chi connectivity index (χ4v) is 7.59. The minimum atomic E-state index is -0.388. The summed E-state index contributed by atoms with van der Waals surface area (Å²) >= 11 is 0. The van der Waals surface area contributed by atoms with Gasteiger partial charge in [-0.3, -0.25) is 0 Å². The largest absolute Gasteiger partial charge is 0.0636 e. The molecule has 0 saturated carbocycles. The Hall–Kier alpha value is -6.50. The number of fused-ring (bicyclic) bond motifs is 5. The highest BCUT2D eigenvalue weighted by atomic mass is 14.2. The molecule has 10 aromatic carbocycles. The Morgan fingerprint density at radius 3 is 1.32 bits per heavy atom. The van der Waals surface area contributed by atoms with E-state index in [2.05, 4.69) is 24.3 Å². The third kappa shape index (κ3) is 4.54. The summed E-state index contributed by atoms with van der Waals surface area (Å²) < 4.78 is 66.6. The molecule has 0 aliphatic rings. The van der Waals surface area contributed by atoms with E-state index in [-0.39, 0.29) is 53.1 Å². The maximum atomic E-state index is 10.2. The second-order valence-electron chi connectivity index (χ2n) is 12.7. The predicted octanol–water partition coefficient (Wildman–Crippen LogP) is 14.1. The molecule has 0 N–H and O–H groups in total. The molecule has 50 heavy (non-hydrogen) atoms. The second kappa shape index (κ2) is 11.6. The van der Waals surface area contributed by atoms with Crippen molar-refractivity contribution in [2.45, 2.75) is 0 Å². The zero-order valence-electron chi connectivity index (χ0n) is 33.9. The van der Waals surface area contributed by atoms with Crippen LogP contribution in [0.5, 0.6) is 0 Å². The minimum Gasteiger partial charge on any atom is -0.0616 e. The molecule has 232 valence electrons. The Bertz CT molecular complexity index is 3300. The molecule has 0 aliphatic heterocycles. The first-order valence-electron chi connectivity index (χ1n) is 20.3. The van der Waals surface area contributed by atoms with E-state index < -0.39 is 0 Å². The van der Waals surface area contributed by atoms with Crippen LogP contribution in [0.1, 0.15) is 9.60 Å². The molecule has 0 heterocycles. The average molecular weight is 640 g/mol. The Morgan fingerprint density at radius 1 is 0.280 bits per heavy atom. The van der Waals surface area contributed by atoms with Gasteiger partial charge in [-0.25, -0.2) is 0 Å². The van der Waals surface area contributed by atoms with Gasteiger partial charge in [-0.05, 0) is 104 Å². The van der Waals surface area contributed by atoms with E-state index in [1.807, 2.05) is 127 Å². The number of hydrogen-bond acceptors (Lipinski definition) is 0. The Labute approximate surface area is 301 Å². The Kier molecular flexibility index (Phi) is 5.14. The summed E-state index contributed by atoms with van der Waals surface area (Å²) in [4.78, 5) is 0. The van der Waals surface area contributed by atoms with Crippen molar-refractivity contribution in [2.75, 3.05) is 0 Å². The van der Waals surface area contributed by atoms with Gasteiger partial charge in [0.15, 0.2) is 0 Å². The number of hydrogen-bond donors (Lipinski definition) is 0. The summed E-state index contributed by atoms with van der Waals surface area (Å²) in [5, 5.41) is 6.95. The molecule has 0 atom stereocenters. The monoisotopic (exact) mass is 639 g/mol. The zero-order chi connectivity index (χ0) is 39.1. The van der Waals surface area contributed by atoms with E-state index >= 15 is 0 Å². The lowest BCUT2D eigenvalue weighted by molar-refractivity contribution is 1.63. The van der Waals surface area contributed by atoms with Gasteiger partial charge in [-0.2, -0.15) is 0 Å². The molecule has 0 aliphatic carbocycles. The first-order chi connectivity index (χ1) is 27.7. The van der Waals surface area contributed by atoms with Gasteiger partial charge in [0.1, 0.15) is 0 Å². The molecule has 0 bridgehead atoms. The molecule has 0 radical (unpaired) electrons. The van der Waals surface area contributed by atoms with Gasteiger partial charge in [0.05, 0.1) is 9.60 Å². The van der Waals surface area contributed by atoms with Crippen LogP contribution in [0, 0.1) is 0 Å². The maximum absolute atomic E-state index is 10.2. The van der Waals surface area contributed by atoms with Crippen molar-refractivity contribution < 1.29 is 9.60 Å². The summed E-state index contributed by atoms with van der Waals surface area (Å²) in [7, 11) is 0. The van der Waals surface area contributed by atoms with Crippen molar-refractivity contribution in [3.8, 4) is 44.5 Å². The molecular weight excluding hydrogens is 601 g/mol. The highest BCUT2D eigenvalue weighted by Crippen LogP contribution is 2.47. The smallest absolute Gasteiger partial charge is 0.0616 e. The zero-order valence-corrected chi connectivity index (χ0v) is 26.9. The highest BCUT2D eigenvalue weighted by Gasteiger charge is 2.19. The fourth-order valence-electron chi connectivity index (χ4n) is 7.59. The lowest BCUT2D eigenvalue weighted by atomic mass is 9.83. The van der Waals surface area contributed by atoms with Crippen LogP contribution in [0.15, 0.2) is 194 Å². The summed E-state index contributed by atoms with van der Waals surface area (Å²) in [6, 6.07) is 48.0. The van der Waals surface area contributed by atoms with Gasteiger partial charge in [0, 0.05) is 0 Å². The minimum absolute atomic E-state index is 0.0215. The summed E-state index contributed by atoms with van der Waals surface area (Å²) in [5.41, 5.74) is 5.10. The fraction of sp³-hybridized carbons (Fsp3) is 0. The topological polar surface area (TPSA) is 0 Å². The molecule has 10 aromatic rings. The van der Waals surface area contributed by atoms with Crippen molar-refractivity contribution in [3.63, 3.8) is 0 Å². The molecule has 0 aromatic heterocycles. The van der Waals surface area contributed by atoms with Gasteiger partial charge >= 0.3 is 0 Å². The van der Waals surface area contributed by atoms with Crippen molar-refractivity contribution in [3.05, 3.63) is 194 Å². The van der Waals surface area contributed by atoms with E-state index in [0.717, 1.165) is 43.4 Å². The van der Waals surface area contributed by atoms with E-state index in [1.54, 1.807) is 0 Å². The van der Waals surface area contributed by atoms with E-state index in [0.29, 0.717) is 44.2 Å². The summed E-state index contributed by atoms with van der Waals surface area (Å²) in [5.74, 6) is 0. The van der Waals surface area contributed by atoms with E-state index in [1.165, 1.54) is 0 Å². The standard InChI is InChI=1S/C50H32/c1-4-18-39-33(12-1)15-9-23-41(39)36-26-28-37(29-27-36)49-45-21-7-8-22-46(45)50(44-25-11-17-35-14-3-6-20-42(35)44)48-32-38(30-31-47(48)49)43-24-10-16-34-13-2-5-19-40(34)43/h1-32H/i7D,8D,21D,22D,30D,31D,32D. The third-order valence-corrected chi connectivity index (χ3v) is 9.89. The van der Waals surface area contributed by atoms with Crippen molar-refractivity contribution in [2.24, 2.45) is 0 Å². The van der Waals surface area contributed by atoms with Crippen LogP contribution in [0.2, 0.25) is 0 Å². The lowest BCUT2D eigenvalue weighted by Crippen LogP contribution is -1.93. The SMILES string of the molecule is [2H]c1c([2H])c([2H])c2c(-c3cccc4ccccc34)c3c([2H])c(-c4cccc5ccccc45)c([2H])c([2H])c3c(-c3ccc(-c4cccc5ccccc45)cc3)c2c1[2H]. The molecule has 0 amide bonds. The molecule has 0 heteroatoms. The maximum Gasteiger partial charge on any atom is 0.0636 e. The van der Waals surface area contributed by atoms with Crippen molar-refractivity contribution in [1.29, 1.82) is 0 Å². The van der Waals surface area contributed by atoms with E-state index in [9.17, 15) is 6.85 Å². The predicted molar refractivity (Wildman–Crippen MR) is 216 cm³/mol. The molecule has 10 rings (SSSR count). The van der Waals surface area contributed by atoms with Crippen LogP contribution in [-0.2, 0) is 0 Å². The second-order valence-corrected chi connectivity index (χ2v) is 12.7. The summed E-state index contributed by atoms with van der Waals surface area (Å²) in [6.45, 7) is 0. The van der Waals surface area contributed by atoms with Crippen LogP contribution < -0.4 is 0 Å². The van der Waals surface area contributed by atoms with Crippen molar-refractivity contribution >= 4 is 53.9 Å². The van der Waals surface area contributed by atoms with Crippen LogP contribution in [0.4, 0.5) is 0 Å². The first kappa shape index (κ1) is 22.2. The van der Waals surface area contributed by atoms with Crippen LogP contribution in [-0.4, -0.2) is 0 Å². The lowest BCUT2D eigenvalue weighted by Gasteiger charge is -2.20. The first-order valence-corrected chi connectivity index (χ1v) is 16.8.